The first-order chi connectivity index (χ1) is 13.2. The van der Waals surface area contributed by atoms with Crippen LogP contribution >= 0.6 is 0 Å². The SMILES string of the molecule is O=C(NCc1ccc2c(c1)CCCC2)[C@H]1CC(=O)N(Cc2ccncc2)C1. The summed E-state index contributed by atoms with van der Waals surface area (Å²) in [4.78, 5) is 30.6. The number of nitrogens with zero attached hydrogens (tertiary/aromatic N) is 2. The van der Waals surface area contributed by atoms with Crippen LogP contribution in [0.25, 0.3) is 0 Å². The fraction of sp³-hybridized carbons (Fsp3) is 0.409. The lowest BCUT2D eigenvalue weighted by molar-refractivity contribution is -0.129. The van der Waals surface area contributed by atoms with Crippen LogP contribution in [0.15, 0.2) is 42.7 Å². The number of amides is 2. The average Bonchev–Trinajstić information content (AvgIpc) is 3.07. The predicted octanol–water partition coefficient (Wildman–Crippen LogP) is 2.63. The van der Waals surface area contributed by atoms with Crippen LogP contribution in [0.4, 0.5) is 0 Å². The number of benzene rings is 1. The molecule has 1 atom stereocenters. The van der Waals surface area contributed by atoms with E-state index in [1.165, 1.54) is 30.4 Å². The van der Waals surface area contributed by atoms with Crippen molar-refractivity contribution in [2.75, 3.05) is 6.54 Å². The van der Waals surface area contributed by atoms with Crippen molar-refractivity contribution >= 4 is 11.8 Å². The standard InChI is InChI=1S/C22H25N3O2/c26-21-12-20(15-25(21)14-16-7-9-23-10-8-16)22(27)24-13-17-5-6-18-3-1-2-4-19(18)11-17/h5-11,20H,1-4,12-15H2,(H,24,27)/t20-/m0/s1. The monoisotopic (exact) mass is 363 g/mol. The average molecular weight is 363 g/mol. The van der Waals surface area contributed by atoms with Gasteiger partial charge in [0, 0.05) is 38.4 Å². The summed E-state index contributed by atoms with van der Waals surface area (Å²) >= 11 is 0. The van der Waals surface area contributed by atoms with E-state index in [-0.39, 0.29) is 17.7 Å². The molecule has 2 heterocycles. The van der Waals surface area contributed by atoms with Gasteiger partial charge in [0.1, 0.15) is 0 Å². The van der Waals surface area contributed by atoms with Crippen LogP contribution < -0.4 is 5.32 Å². The quantitative estimate of drug-likeness (QED) is 0.888. The maximum Gasteiger partial charge on any atom is 0.225 e. The van der Waals surface area contributed by atoms with E-state index in [1.54, 1.807) is 17.3 Å². The smallest absolute Gasteiger partial charge is 0.225 e. The van der Waals surface area contributed by atoms with Gasteiger partial charge in [-0.15, -0.1) is 0 Å². The number of aromatic nitrogens is 1. The van der Waals surface area contributed by atoms with E-state index < -0.39 is 0 Å². The van der Waals surface area contributed by atoms with Gasteiger partial charge >= 0.3 is 0 Å². The van der Waals surface area contributed by atoms with Gasteiger partial charge in [-0.2, -0.15) is 0 Å². The van der Waals surface area contributed by atoms with Crippen molar-refractivity contribution in [3.63, 3.8) is 0 Å². The number of nitrogens with one attached hydrogen (secondary N) is 1. The minimum atomic E-state index is -0.267. The third-order valence-corrected chi connectivity index (χ3v) is 5.59. The molecule has 2 aliphatic rings. The topological polar surface area (TPSA) is 62.3 Å². The molecule has 1 saturated heterocycles. The Bertz CT molecular complexity index is 835. The van der Waals surface area contributed by atoms with Crippen LogP contribution in [0.2, 0.25) is 0 Å². The lowest BCUT2D eigenvalue weighted by atomic mass is 9.90. The number of hydrogen-bond donors (Lipinski definition) is 1. The second-order valence-corrected chi connectivity index (χ2v) is 7.56. The third-order valence-electron chi connectivity index (χ3n) is 5.59. The fourth-order valence-corrected chi connectivity index (χ4v) is 4.04. The predicted molar refractivity (Wildman–Crippen MR) is 103 cm³/mol. The van der Waals surface area contributed by atoms with Crippen molar-refractivity contribution in [3.8, 4) is 0 Å². The Labute approximate surface area is 159 Å². The van der Waals surface area contributed by atoms with Crippen molar-refractivity contribution in [2.45, 2.75) is 45.2 Å². The summed E-state index contributed by atoms with van der Waals surface area (Å²) < 4.78 is 0. The lowest BCUT2D eigenvalue weighted by Crippen LogP contribution is -2.32. The summed E-state index contributed by atoms with van der Waals surface area (Å²) in [6.07, 6.45) is 8.56. The number of fused-ring (bicyclic) bond motifs is 1. The van der Waals surface area contributed by atoms with E-state index in [4.69, 9.17) is 0 Å². The zero-order valence-electron chi connectivity index (χ0n) is 15.5. The van der Waals surface area contributed by atoms with Crippen LogP contribution in [0.5, 0.6) is 0 Å². The molecule has 1 N–H and O–H groups in total. The summed E-state index contributed by atoms with van der Waals surface area (Å²) in [6, 6.07) is 10.3. The van der Waals surface area contributed by atoms with E-state index in [0.29, 0.717) is 26.1 Å². The van der Waals surface area contributed by atoms with Gasteiger partial charge < -0.3 is 10.2 Å². The van der Waals surface area contributed by atoms with Gasteiger partial charge in [-0.1, -0.05) is 18.2 Å². The first kappa shape index (κ1) is 17.7. The van der Waals surface area contributed by atoms with E-state index >= 15 is 0 Å². The molecule has 4 rings (SSSR count). The minimum absolute atomic E-state index is 0.0294. The maximum atomic E-state index is 12.6. The normalized spacial score (nSPS) is 19.0. The molecule has 0 radical (unpaired) electrons. The summed E-state index contributed by atoms with van der Waals surface area (Å²) in [5, 5.41) is 3.02. The molecular weight excluding hydrogens is 338 g/mol. The number of likely N-dealkylation sites (tertiary alicyclic amines) is 1. The maximum absolute atomic E-state index is 12.6. The molecule has 1 aromatic carbocycles. The van der Waals surface area contributed by atoms with Gasteiger partial charge in [0.15, 0.2) is 0 Å². The van der Waals surface area contributed by atoms with Gasteiger partial charge in [-0.25, -0.2) is 0 Å². The Kier molecular flexibility index (Phi) is 5.19. The van der Waals surface area contributed by atoms with Crippen LogP contribution in [-0.4, -0.2) is 28.2 Å². The molecule has 0 saturated carbocycles. The fourth-order valence-electron chi connectivity index (χ4n) is 4.04. The van der Waals surface area contributed by atoms with E-state index in [9.17, 15) is 9.59 Å². The Morgan fingerprint density at radius 2 is 1.85 bits per heavy atom. The number of pyridine rings is 1. The van der Waals surface area contributed by atoms with Gasteiger partial charge in [-0.05, 0) is 60.1 Å². The van der Waals surface area contributed by atoms with Crippen molar-refractivity contribution in [3.05, 3.63) is 65.0 Å². The molecule has 1 aromatic heterocycles. The largest absolute Gasteiger partial charge is 0.352 e. The summed E-state index contributed by atoms with van der Waals surface area (Å²) in [5.74, 6) is -0.254. The van der Waals surface area contributed by atoms with Crippen LogP contribution in [-0.2, 0) is 35.5 Å². The zero-order valence-corrected chi connectivity index (χ0v) is 15.5. The summed E-state index contributed by atoms with van der Waals surface area (Å²) in [7, 11) is 0. The Hall–Kier alpha value is -2.69. The molecule has 140 valence electrons. The highest BCUT2D eigenvalue weighted by Gasteiger charge is 2.34. The molecule has 1 fully saturated rings. The Balaban J connectivity index is 1.32. The molecular formula is C22H25N3O2. The Morgan fingerprint density at radius 3 is 2.67 bits per heavy atom. The second kappa shape index (κ2) is 7.91. The molecule has 1 aliphatic carbocycles. The van der Waals surface area contributed by atoms with E-state index in [2.05, 4.69) is 28.5 Å². The van der Waals surface area contributed by atoms with Gasteiger partial charge in [-0.3, -0.25) is 14.6 Å². The zero-order chi connectivity index (χ0) is 18.6. The lowest BCUT2D eigenvalue weighted by Gasteiger charge is -2.18. The van der Waals surface area contributed by atoms with Gasteiger partial charge in [0.05, 0.1) is 5.92 Å². The number of rotatable bonds is 5. The van der Waals surface area contributed by atoms with Gasteiger partial charge in [0.2, 0.25) is 11.8 Å². The van der Waals surface area contributed by atoms with E-state index in [0.717, 1.165) is 17.5 Å². The van der Waals surface area contributed by atoms with Crippen LogP contribution in [0, 0.1) is 5.92 Å². The van der Waals surface area contributed by atoms with Crippen molar-refractivity contribution in [1.82, 2.24) is 15.2 Å². The first-order valence-corrected chi connectivity index (χ1v) is 9.74. The molecule has 0 bridgehead atoms. The molecule has 5 nitrogen and oxygen atoms in total. The first-order valence-electron chi connectivity index (χ1n) is 9.74. The molecule has 0 unspecified atom stereocenters. The third kappa shape index (κ3) is 4.18. The second-order valence-electron chi connectivity index (χ2n) is 7.56. The minimum Gasteiger partial charge on any atom is -0.352 e. The van der Waals surface area contributed by atoms with Crippen LogP contribution in [0.3, 0.4) is 0 Å². The highest BCUT2D eigenvalue weighted by atomic mass is 16.2. The van der Waals surface area contributed by atoms with Crippen molar-refractivity contribution in [1.29, 1.82) is 0 Å². The van der Waals surface area contributed by atoms with Crippen LogP contribution in [0.1, 0.15) is 41.5 Å². The molecule has 27 heavy (non-hydrogen) atoms. The number of carbonyl (C=O) groups is 2. The van der Waals surface area contributed by atoms with Crippen molar-refractivity contribution < 1.29 is 9.59 Å². The summed E-state index contributed by atoms with van der Waals surface area (Å²) in [6.45, 7) is 1.55. The number of hydrogen-bond acceptors (Lipinski definition) is 3. The van der Waals surface area contributed by atoms with Crippen molar-refractivity contribution in [2.24, 2.45) is 5.92 Å². The molecule has 1 aliphatic heterocycles. The van der Waals surface area contributed by atoms with Gasteiger partial charge in [0.25, 0.3) is 0 Å². The molecule has 2 amide bonds. The summed E-state index contributed by atoms with van der Waals surface area (Å²) in [5.41, 5.74) is 5.05. The molecule has 0 spiro atoms. The highest BCUT2D eigenvalue weighted by molar-refractivity contribution is 5.89. The van der Waals surface area contributed by atoms with E-state index in [1.807, 2.05) is 12.1 Å². The molecule has 2 aromatic rings. The Morgan fingerprint density at radius 1 is 1.07 bits per heavy atom. The highest BCUT2D eigenvalue weighted by Crippen LogP contribution is 2.23. The number of carbonyl (C=O) groups excluding carboxylic acids is 2. The molecule has 5 heteroatoms. The number of aryl methyl sites for hydroxylation is 2.